The first-order valence-corrected chi connectivity index (χ1v) is 10.6. The molecule has 2 N–H and O–H groups in total. The van der Waals surface area contributed by atoms with Gasteiger partial charge >= 0.3 is 0 Å². The summed E-state index contributed by atoms with van der Waals surface area (Å²) < 4.78 is 11.8. The second kappa shape index (κ2) is 8.95. The van der Waals surface area contributed by atoms with Crippen molar-refractivity contribution >= 4 is 5.82 Å². The van der Waals surface area contributed by atoms with E-state index in [1.807, 2.05) is 51.1 Å². The van der Waals surface area contributed by atoms with Gasteiger partial charge in [-0.25, -0.2) is 4.98 Å². The quantitative estimate of drug-likeness (QED) is 0.651. The van der Waals surface area contributed by atoms with E-state index in [1.54, 1.807) is 18.3 Å². The molecule has 1 aromatic carbocycles. The minimum Gasteiger partial charge on any atom is -0.456 e. The Labute approximate surface area is 188 Å². The fraction of sp³-hybridized carbons (Fsp3) is 0.320. The Balaban J connectivity index is 1.69. The number of anilines is 1. The molecule has 1 aliphatic rings. The lowest BCUT2D eigenvalue weighted by molar-refractivity contribution is 0.122. The van der Waals surface area contributed by atoms with E-state index in [0.717, 1.165) is 41.4 Å². The standard InChI is InChI=1S/C25H27N5O2/c1-17-12-20(14-24(29-17)30-8-10-31-11-9-30)32-23-13-18(15-26)4-6-21(23)22-7-5-19(16-28-22)25(2,3)27/h4-7,12-14,16H,8-11,27H2,1-3H3. The van der Waals surface area contributed by atoms with Gasteiger partial charge in [0.05, 0.1) is 30.5 Å². The first kappa shape index (κ1) is 21.8. The third kappa shape index (κ3) is 4.88. The maximum absolute atomic E-state index is 9.41. The number of nitriles is 1. The number of aryl methyl sites for hydroxylation is 1. The smallest absolute Gasteiger partial charge is 0.138 e. The van der Waals surface area contributed by atoms with Gasteiger partial charge in [-0.2, -0.15) is 5.26 Å². The lowest BCUT2D eigenvalue weighted by Crippen LogP contribution is -2.36. The van der Waals surface area contributed by atoms with E-state index < -0.39 is 5.54 Å². The van der Waals surface area contributed by atoms with Crippen molar-refractivity contribution in [1.29, 1.82) is 5.26 Å². The van der Waals surface area contributed by atoms with Crippen LogP contribution in [0, 0.1) is 18.3 Å². The number of nitrogens with zero attached hydrogens (tertiary/aromatic N) is 4. The van der Waals surface area contributed by atoms with Crippen LogP contribution in [0.1, 0.15) is 30.7 Å². The summed E-state index contributed by atoms with van der Waals surface area (Å²) in [4.78, 5) is 11.4. The van der Waals surface area contributed by atoms with Gasteiger partial charge in [0.15, 0.2) is 0 Å². The number of ether oxygens (including phenoxy) is 2. The summed E-state index contributed by atoms with van der Waals surface area (Å²) in [5.41, 5.74) is 9.57. The molecule has 4 rings (SSSR count). The van der Waals surface area contributed by atoms with Crippen LogP contribution in [0.15, 0.2) is 48.7 Å². The average molecular weight is 430 g/mol. The lowest BCUT2D eigenvalue weighted by Gasteiger charge is -2.28. The molecular weight excluding hydrogens is 402 g/mol. The molecule has 7 nitrogen and oxygen atoms in total. The lowest BCUT2D eigenvalue weighted by atomic mass is 9.96. The van der Waals surface area contributed by atoms with Crippen LogP contribution in [0.5, 0.6) is 11.5 Å². The number of pyridine rings is 2. The predicted molar refractivity (Wildman–Crippen MR) is 124 cm³/mol. The minimum atomic E-state index is -0.472. The van der Waals surface area contributed by atoms with Crippen molar-refractivity contribution in [1.82, 2.24) is 9.97 Å². The molecule has 164 valence electrons. The molecule has 1 fully saturated rings. The van der Waals surface area contributed by atoms with Crippen LogP contribution in [-0.4, -0.2) is 36.3 Å². The molecular formula is C25H27N5O2. The maximum Gasteiger partial charge on any atom is 0.138 e. The van der Waals surface area contributed by atoms with Crippen molar-refractivity contribution in [3.63, 3.8) is 0 Å². The molecule has 0 aliphatic carbocycles. The highest BCUT2D eigenvalue weighted by molar-refractivity contribution is 5.69. The maximum atomic E-state index is 9.41. The van der Waals surface area contributed by atoms with Crippen LogP contribution in [0.3, 0.4) is 0 Å². The van der Waals surface area contributed by atoms with Gasteiger partial charge in [0.2, 0.25) is 0 Å². The monoisotopic (exact) mass is 429 g/mol. The van der Waals surface area contributed by atoms with Crippen LogP contribution in [0.25, 0.3) is 11.3 Å². The van der Waals surface area contributed by atoms with Gasteiger partial charge in [-0.1, -0.05) is 6.07 Å². The van der Waals surface area contributed by atoms with Gasteiger partial charge < -0.3 is 20.1 Å². The number of aromatic nitrogens is 2. The van der Waals surface area contributed by atoms with Crippen molar-refractivity contribution in [3.05, 3.63) is 65.5 Å². The molecule has 32 heavy (non-hydrogen) atoms. The van der Waals surface area contributed by atoms with E-state index in [9.17, 15) is 5.26 Å². The third-order valence-corrected chi connectivity index (χ3v) is 5.37. The molecule has 1 aliphatic heterocycles. The summed E-state index contributed by atoms with van der Waals surface area (Å²) in [5, 5.41) is 9.41. The average Bonchev–Trinajstić information content (AvgIpc) is 2.79. The predicted octanol–water partition coefficient (Wildman–Crippen LogP) is 4.15. The molecule has 3 heterocycles. The Morgan fingerprint density at radius 2 is 1.91 bits per heavy atom. The van der Waals surface area contributed by atoms with Gasteiger partial charge in [-0.15, -0.1) is 0 Å². The molecule has 7 heteroatoms. The van der Waals surface area contributed by atoms with Crippen LogP contribution < -0.4 is 15.4 Å². The van der Waals surface area contributed by atoms with Gasteiger partial charge in [0.25, 0.3) is 0 Å². The summed E-state index contributed by atoms with van der Waals surface area (Å²) in [5.74, 6) is 2.08. The molecule has 0 saturated carbocycles. The summed E-state index contributed by atoms with van der Waals surface area (Å²) in [6.45, 7) is 8.77. The number of nitrogens with two attached hydrogens (primary N) is 1. The van der Waals surface area contributed by atoms with E-state index in [1.165, 1.54) is 0 Å². The van der Waals surface area contributed by atoms with Crippen LogP contribution in [0.2, 0.25) is 0 Å². The summed E-state index contributed by atoms with van der Waals surface area (Å²) >= 11 is 0. The second-order valence-electron chi connectivity index (χ2n) is 8.48. The zero-order valence-corrected chi connectivity index (χ0v) is 18.6. The SMILES string of the molecule is Cc1cc(Oc2cc(C#N)ccc2-c2ccc(C(C)(C)N)cn2)cc(N2CCOCC2)n1. The summed E-state index contributed by atoms with van der Waals surface area (Å²) in [6, 6.07) is 15.3. The second-order valence-corrected chi connectivity index (χ2v) is 8.48. The van der Waals surface area contributed by atoms with Crippen molar-refractivity contribution in [2.24, 2.45) is 5.73 Å². The number of hydrogen-bond donors (Lipinski definition) is 1. The summed E-state index contributed by atoms with van der Waals surface area (Å²) in [6.07, 6.45) is 1.78. The largest absolute Gasteiger partial charge is 0.456 e. The fourth-order valence-electron chi connectivity index (χ4n) is 3.58. The topological polar surface area (TPSA) is 97.3 Å². The molecule has 0 radical (unpaired) electrons. The minimum absolute atomic E-state index is 0.472. The fourth-order valence-corrected chi connectivity index (χ4v) is 3.58. The molecule has 0 spiro atoms. The van der Waals surface area contributed by atoms with Gasteiger partial charge in [-0.05, 0) is 50.6 Å². The van der Waals surface area contributed by atoms with E-state index in [2.05, 4.69) is 20.9 Å². The first-order chi connectivity index (χ1) is 15.3. The number of benzene rings is 1. The zero-order chi connectivity index (χ0) is 22.7. The molecule has 0 atom stereocenters. The Morgan fingerprint density at radius 1 is 1.12 bits per heavy atom. The van der Waals surface area contributed by atoms with Gasteiger partial charge in [0, 0.05) is 48.2 Å². The number of rotatable bonds is 5. The zero-order valence-electron chi connectivity index (χ0n) is 18.6. The molecule has 0 amide bonds. The van der Waals surface area contributed by atoms with E-state index in [0.29, 0.717) is 30.3 Å². The first-order valence-electron chi connectivity index (χ1n) is 10.6. The van der Waals surface area contributed by atoms with E-state index in [4.69, 9.17) is 15.2 Å². The van der Waals surface area contributed by atoms with Crippen molar-refractivity contribution in [3.8, 4) is 28.8 Å². The van der Waals surface area contributed by atoms with Crippen molar-refractivity contribution in [2.75, 3.05) is 31.2 Å². The molecule has 0 unspecified atom stereocenters. The Hall–Kier alpha value is -3.47. The highest BCUT2D eigenvalue weighted by Gasteiger charge is 2.18. The normalized spacial score (nSPS) is 14.2. The number of morpholine rings is 1. The Bertz CT molecular complexity index is 1140. The Kier molecular flexibility index (Phi) is 6.08. The highest BCUT2D eigenvalue weighted by Crippen LogP contribution is 2.35. The molecule has 0 bridgehead atoms. The van der Waals surface area contributed by atoms with Crippen LogP contribution in [-0.2, 0) is 10.3 Å². The highest BCUT2D eigenvalue weighted by atomic mass is 16.5. The molecule has 2 aromatic heterocycles. The molecule has 1 saturated heterocycles. The van der Waals surface area contributed by atoms with Gasteiger partial charge in [0.1, 0.15) is 17.3 Å². The van der Waals surface area contributed by atoms with Crippen molar-refractivity contribution < 1.29 is 9.47 Å². The summed E-state index contributed by atoms with van der Waals surface area (Å²) in [7, 11) is 0. The van der Waals surface area contributed by atoms with E-state index in [-0.39, 0.29) is 0 Å². The van der Waals surface area contributed by atoms with Crippen molar-refractivity contribution in [2.45, 2.75) is 26.3 Å². The molecule has 3 aromatic rings. The van der Waals surface area contributed by atoms with Gasteiger partial charge in [-0.3, -0.25) is 4.98 Å². The van der Waals surface area contributed by atoms with Crippen LogP contribution in [0.4, 0.5) is 5.82 Å². The third-order valence-electron chi connectivity index (χ3n) is 5.37. The van der Waals surface area contributed by atoms with E-state index >= 15 is 0 Å². The Morgan fingerprint density at radius 3 is 2.56 bits per heavy atom. The van der Waals surface area contributed by atoms with Crippen LogP contribution >= 0.6 is 0 Å². The number of hydrogen-bond acceptors (Lipinski definition) is 7.